The Bertz CT molecular complexity index is 285. The fourth-order valence-corrected chi connectivity index (χ4v) is 1.46. The molecule has 1 unspecified atom stereocenters. The van der Waals surface area contributed by atoms with Crippen molar-refractivity contribution in [2.24, 2.45) is 0 Å². The number of aromatic nitrogens is 1. The van der Waals surface area contributed by atoms with Gasteiger partial charge in [-0.05, 0) is 17.7 Å². The Labute approximate surface area is 88.0 Å². The largest absolute Gasteiger partial charge is 0.302 e. The van der Waals surface area contributed by atoms with Crippen molar-refractivity contribution in [2.45, 2.75) is 4.83 Å². The number of hydrogen-bond donors (Lipinski definition) is 0. The van der Waals surface area contributed by atoms with Crippen molar-refractivity contribution in [3.8, 4) is 0 Å². The van der Waals surface area contributed by atoms with Crippen molar-refractivity contribution in [3.63, 3.8) is 0 Å². The summed E-state index contributed by atoms with van der Waals surface area (Å²) in [6.07, 6.45) is 0.752. The third-order valence-corrected chi connectivity index (χ3v) is 2.35. The summed E-state index contributed by atoms with van der Waals surface area (Å²) in [5.74, 6) is 0. The van der Waals surface area contributed by atoms with Gasteiger partial charge in [0.05, 0.1) is 4.83 Å². The molecule has 0 bridgehead atoms. The molecule has 5 heteroatoms. The van der Waals surface area contributed by atoms with Gasteiger partial charge in [0.2, 0.25) is 0 Å². The molecule has 0 aliphatic rings. The van der Waals surface area contributed by atoms with Crippen molar-refractivity contribution in [1.29, 1.82) is 0 Å². The normalized spacial score (nSPS) is 12.6. The Balaban J connectivity index is 3.08. The van der Waals surface area contributed by atoms with Gasteiger partial charge in [-0.3, -0.25) is 0 Å². The standard InChI is InChI=1S/C7H4BrCl2NO/c8-5(3-12)4-1-6(9)11-7(10)2-4/h1-3,5H. The number of halogens is 3. The van der Waals surface area contributed by atoms with E-state index in [4.69, 9.17) is 23.2 Å². The summed E-state index contributed by atoms with van der Waals surface area (Å²) in [5.41, 5.74) is 0.704. The maximum atomic E-state index is 10.4. The molecule has 1 aromatic rings. The average molecular weight is 269 g/mol. The highest BCUT2D eigenvalue weighted by Gasteiger charge is 2.07. The van der Waals surface area contributed by atoms with Gasteiger partial charge in [-0.1, -0.05) is 39.1 Å². The van der Waals surface area contributed by atoms with E-state index in [0.29, 0.717) is 5.56 Å². The minimum absolute atomic E-state index is 0.281. The smallest absolute Gasteiger partial charge is 0.138 e. The molecule has 0 N–H and O–H groups in total. The molecule has 1 rings (SSSR count). The Kier molecular flexibility index (Phi) is 3.50. The SMILES string of the molecule is O=CC(Br)c1cc(Cl)nc(Cl)c1. The minimum atomic E-state index is -0.379. The highest BCUT2D eigenvalue weighted by Crippen LogP contribution is 2.24. The van der Waals surface area contributed by atoms with Gasteiger partial charge in [0.25, 0.3) is 0 Å². The summed E-state index contributed by atoms with van der Waals surface area (Å²) >= 11 is 14.4. The number of carbonyl (C=O) groups is 1. The van der Waals surface area contributed by atoms with Gasteiger partial charge < -0.3 is 4.79 Å². The van der Waals surface area contributed by atoms with E-state index in [1.54, 1.807) is 12.1 Å². The minimum Gasteiger partial charge on any atom is -0.302 e. The van der Waals surface area contributed by atoms with Crippen LogP contribution in [-0.2, 0) is 4.79 Å². The number of carbonyl (C=O) groups excluding carboxylic acids is 1. The Morgan fingerprint density at radius 2 is 1.92 bits per heavy atom. The molecule has 12 heavy (non-hydrogen) atoms. The maximum Gasteiger partial charge on any atom is 0.138 e. The molecule has 2 nitrogen and oxygen atoms in total. The Morgan fingerprint density at radius 3 is 2.33 bits per heavy atom. The van der Waals surface area contributed by atoms with Crippen molar-refractivity contribution in [3.05, 3.63) is 28.0 Å². The topological polar surface area (TPSA) is 30.0 Å². The first-order chi connectivity index (χ1) is 5.63. The molecule has 0 saturated heterocycles. The molecule has 0 spiro atoms. The predicted octanol–water partition coefficient (Wildman–Crippen LogP) is 3.02. The lowest BCUT2D eigenvalue weighted by atomic mass is 10.2. The number of nitrogens with zero attached hydrogens (tertiary/aromatic N) is 1. The van der Waals surface area contributed by atoms with Gasteiger partial charge in [0, 0.05) is 0 Å². The molecule has 64 valence electrons. The number of hydrogen-bond acceptors (Lipinski definition) is 2. The molecule has 0 fully saturated rings. The van der Waals surface area contributed by atoms with E-state index in [0.717, 1.165) is 6.29 Å². The maximum absolute atomic E-state index is 10.4. The first-order valence-electron chi connectivity index (χ1n) is 3.06. The second-order valence-corrected chi connectivity index (χ2v) is 3.84. The molecule has 0 aromatic carbocycles. The molecular weight excluding hydrogens is 265 g/mol. The second-order valence-electron chi connectivity index (χ2n) is 2.08. The van der Waals surface area contributed by atoms with Gasteiger partial charge in [-0.25, -0.2) is 4.98 Å². The first kappa shape index (κ1) is 9.96. The molecule has 0 amide bonds. The number of aldehydes is 1. The van der Waals surface area contributed by atoms with Crippen LogP contribution in [-0.4, -0.2) is 11.3 Å². The zero-order valence-electron chi connectivity index (χ0n) is 5.80. The number of rotatable bonds is 2. The molecular formula is C7H4BrCl2NO. The number of pyridine rings is 1. The third-order valence-electron chi connectivity index (χ3n) is 1.22. The molecule has 1 aromatic heterocycles. The molecule has 0 aliphatic heterocycles. The monoisotopic (exact) mass is 267 g/mol. The molecule has 1 atom stereocenters. The second kappa shape index (κ2) is 4.21. The quantitative estimate of drug-likeness (QED) is 0.469. The van der Waals surface area contributed by atoms with Crippen molar-refractivity contribution < 1.29 is 4.79 Å². The average Bonchev–Trinajstić information content (AvgIpc) is 2.01. The van der Waals surface area contributed by atoms with Crippen LogP contribution in [0.4, 0.5) is 0 Å². The van der Waals surface area contributed by atoms with Crippen LogP contribution in [0.15, 0.2) is 12.1 Å². The zero-order chi connectivity index (χ0) is 9.14. The van der Waals surface area contributed by atoms with Gasteiger partial charge in [0.1, 0.15) is 16.6 Å². The van der Waals surface area contributed by atoms with Crippen LogP contribution in [0.1, 0.15) is 10.4 Å². The van der Waals surface area contributed by atoms with Crippen LogP contribution in [0.25, 0.3) is 0 Å². The van der Waals surface area contributed by atoms with Crippen molar-refractivity contribution in [1.82, 2.24) is 4.98 Å². The van der Waals surface area contributed by atoms with Crippen LogP contribution in [0, 0.1) is 0 Å². The van der Waals surface area contributed by atoms with Crippen molar-refractivity contribution in [2.75, 3.05) is 0 Å². The van der Waals surface area contributed by atoms with Gasteiger partial charge >= 0.3 is 0 Å². The lowest BCUT2D eigenvalue weighted by molar-refractivity contribution is -0.107. The Morgan fingerprint density at radius 1 is 1.42 bits per heavy atom. The van der Waals surface area contributed by atoms with Crippen LogP contribution < -0.4 is 0 Å². The number of alkyl halides is 1. The van der Waals surface area contributed by atoms with Crippen LogP contribution in [0.2, 0.25) is 10.3 Å². The summed E-state index contributed by atoms with van der Waals surface area (Å²) in [7, 11) is 0. The fraction of sp³-hybridized carbons (Fsp3) is 0.143. The molecule has 0 radical (unpaired) electrons. The van der Waals surface area contributed by atoms with E-state index < -0.39 is 0 Å². The van der Waals surface area contributed by atoms with E-state index in [9.17, 15) is 4.79 Å². The van der Waals surface area contributed by atoms with Crippen LogP contribution in [0.5, 0.6) is 0 Å². The fourth-order valence-electron chi connectivity index (χ4n) is 0.721. The summed E-state index contributed by atoms with van der Waals surface area (Å²) in [6, 6.07) is 3.17. The third kappa shape index (κ3) is 2.44. The van der Waals surface area contributed by atoms with Crippen molar-refractivity contribution >= 4 is 45.4 Å². The molecule has 0 aliphatic carbocycles. The highest BCUT2D eigenvalue weighted by atomic mass is 79.9. The summed E-state index contributed by atoms with van der Waals surface area (Å²) < 4.78 is 0. The van der Waals surface area contributed by atoms with Crippen LogP contribution >= 0.6 is 39.1 Å². The van der Waals surface area contributed by atoms with E-state index in [1.165, 1.54) is 0 Å². The van der Waals surface area contributed by atoms with E-state index in [2.05, 4.69) is 20.9 Å². The summed E-state index contributed by atoms with van der Waals surface area (Å²) in [4.78, 5) is 13.7. The first-order valence-corrected chi connectivity index (χ1v) is 4.73. The van der Waals surface area contributed by atoms with E-state index in [-0.39, 0.29) is 15.1 Å². The lowest BCUT2D eigenvalue weighted by Crippen LogP contribution is -1.91. The van der Waals surface area contributed by atoms with Crippen LogP contribution in [0.3, 0.4) is 0 Å². The summed E-state index contributed by atoms with van der Waals surface area (Å²) in [5, 5.41) is 0.563. The van der Waals surface area contributed by atoms with Gasteiger partial charge in [-0.15, -0.1) is 0 Å². The van der Waals surface area contributed by atoms with E-state index in [1.807, 2.05) is 0 Å². The Hall–Kier alpha value is -0.120. The summed E-state index contributed by atoms with van der Waals surface area (Å²) in [6.45, 7) is 0. The van der Waals surface area contributed by atoms with Gasteiger partial charge in [-0.2, -0.15) is 0 Å². The highest BCUT2D eigenvalue weighted by molar-refractivity contribution is 9.09. The lowest BCUT2D eigenvalue weighted by Gasteiger charge is -2.02. The van der Waals surface area contributed by atoms with E-state index >= 15 is 0 Å². The van der Waals surface area contributed by atoms with Gasteiger partial charge in [0.15, 0.2) is 0 Å². The molecule has 0 saturated carbocycles. The molecule has 1 heterocycles. The zero-order valence-corrected chi connectivity index (χ0v) is 8.90. The predicted molar refractivity (Wildman–Crippen MR) is 52.0 cm³/mol.